The first-order valence-corrected chi connectivity index (χ1v) is 5.57. The van der Waals surface area contributed by atoms with Crippen LogP contribution in [0.15, 0.2) is 24.4 Å². The van der Waals surface area contributed by atoms with Gasteiger partial charge >= 0.3 is 5.97 Å². The van der Waals surface area contributed by atoms with Gasteiger partial charge in [-0.15, -0.1) is 0 Å². The standard InChI is InChI=1S/C12H11N5O2/c1-17-5-9(13)16-11(17)10-14-7-3-2-6(12(18)19)4-8(7)15-10/h2-5H,13H2,1H3,(H,14,15)(H,18,19). The number of nitrogens with two attached hydrogens (primary N) is 1. The molecule has 0 saturated heterocycles. The number of nitrogens with one attached hydrogen (secondary N) is 1. The van der Waals surface area contributed by atoms with Crippen molar-refractivity contribution in [3.05, 3.63) is 30.0 Å². The van der Waals surface area contributed by atoms with E-state index in [1.165, 1.54) is 6.07 Å². The molecule has 0 bridgehead atoms. The Morgan fingerprint density at radius 1 is 1.42 bits per heavy atom. The summed E-state index contributed by atoms with van der Waals surface area (Å²) in [6.07, 6.45) is 1.69. The number of aromatic carboxylic acids is 1. The van der Waals surface area contributed by atoms with E-state index in [0.29, 0.717) is 28.5 Å². The summed E-state index contributed by atoms with van der Waals surface area (Å²) < 4.78 is 1.76. The number of carboxylic acids is 1. The number of anilines is 1. The number of aromatic amines is 1. The molecule has 0 fully saturated rings. The summed E-state index contributed by atoms with van der Waals surface area (Å²) in [4.78, 5) is 22.5. The Morgan fingerprint density at radius 2 is 2.21 bits per heavy atom. The van der Waals surface area contributed by atoms with Crippen molar-refractivity contribution >= 4 is 22.8 Å². The molecule has 0 radical (unpaired) electrons. The predicted octanol–water partition coefficient (Wildman–Crippen LogP) is 1.24. The molecule has 0 aliphatic rings. The molecule has 3 rings (SSSR count). The molecule has 4 N–H and O–H groups in total. The topological polar surface area (TPSA) is 110 Å². The lowest BCUT2D eigenvalue weighted by atomic mass is 10.2. The van der Waals surface area contributed by atoms with E-state index in [0.717, 1.165) is 0 Å². The lowest BCUT2D eigenvalue weighted by molar-refractivity contribution is 0.0697. The van der Waals surface area contributed by atoms with Gasteiger partial charge < -0.3 is 20.4 Å². The fourth-order valence-electron chi connectivity index (χ4n) is 1.96. The molecule has 0 unspecified atom stereocenters. The molecule has 0 spiro atoms. The molecule has 0 saturated carbocycles. The monoisotopic (exact) mass is 257 g/mol. The number of hydrogen-bond donors (Lipinski definition) is 3. The van der Waals surface area contributed by atoms with Crippen LogP contribution in [-0.4, -0.2) is 30.6 Å². The van der Waals surface area contributed by atoms with E-state index in [-0.39, 0.29) is 5.56 Å². The zero-order chi connectivity index (χ0) is 13.6. The van der Waals surface area contributed by atoms with Gasteiger partial charge in [0.15, 0.2) is 11.6 Å². The van der Waals surface area contributed by atoms with Gasteiger partial charge in [0.05, 0.1) is 16.6 Å². The molecule has 0 aliphatic carbocycles. The lowest BCUT2D eigenvalue weighted by Gasteiger charge is -1.94. The fourth-order valence-corrected chi connectivity index (χ4v) is 1.96. The van der Waals surface area contributed by atoms with Crippen molar-refractivity contribution in [3.8, 4) is 11.6 Å². The molecular formula is C12H11N5O2. The van der Waals surface area contributed by atoms with E-state index in [1.54, 1.807) is 22.9 Å². The Hall–Kier alpha value is -2.83. The average molecular weight is 257 g/mol. The molecule has 19 heavy (non-hydrogen) atoms. The van der Waals surface area contributed by atoms with E-state index in [9.17, 15) is 4.79 Å². The Labute approximate surface area is 107 Å². The van der Waals surface area contributed by atoms with Gasteiger partial charge in [0.25, 0.3) is 0 Å². The minimum Gasteiger partial charge on any atom is -0.478 e. The van der Waals surface area contributed by atoms with Crippen molar-refractivity contribution in [2.75, 3.05) is 5.73 Å². The first-order chi connectivity index (χ1) is 9.04. The van der Waals surface area contributed by atoms with Gasteiger partial charge in [0, 0.05) is 13.2 Å². The van der Waals surface area contributed by atoms with Crippen molar-refractivity contribution in [2.24, 2.45) is 7.05 Å². The number of rotatable bonds is 2. The molecule has 2 heterocycles. The van der Waals surface area contributed by atoms with Crippen molar-refractivity contribution in [1.29, 1.82) is 0 Å². The van der Waals surface area contributed by atoms with Crippen molar-refractivity contribution < 1.29 is 9.90 Å². The van der Waals surface area contributed by atoms with Crippen LogP contribution >= 0.6 is 0 Å². The summed E-state index contributed by atoms with van der Waals surface area (Å²) in [6.45, 7) is 0. The smallest absolute Gasteiger partial charge is 0.335 e. The molecule has 7 heteroatoms. The van der Waals surface area contributed by atoms with Crippen LogP contribution in [0.5, 0.6) is 0 Å². The van der Waals surface area contributed by atoms with Crippen molar-refractivity contribution in [1.82, 2.24) is 19.5 Å². The van der Waals surface area contributed by atoms with Crippen LogP contribution in [0, 0.1) is 0 Å². The predicted molar refractivity (Wildman–Crippen MR) is 69.7 cm³/mol. The van der Waals surface area contributed by atoms with Gasteiger partial charge in [-0.3, -0.25) is 0 Å². The minimum atomic E-state index is -0.973. The van der Waals surface area contributed by atoms with Crippen molar-refractivity contribution in [3.63, 3.8) is 0 Å². The first kappa shape index (κ1) is 11.3. The molecule has 0 atom stereocenters. The second-order valence-corrected chi connectivity index (χ2v) is 4.22. The van der Waals surface area contributed by atoms with Crippen LogP contribution < -0.4 is 5.73 Å². The van der Waals surface area contributed by atoms with Crippen LogP contribution in [-0.2, 0) is 7.05 Å². The SMILES string of the molecule is Cn1cc(N)nc1-c1nc2ccc(C(=O)O)cc2[nH]1. The van der Waals surface area contributed by atoms with Crippen LogP contribution in [0.25, 0.3) is 22.7 Å². The van der Waals surface area contributed by atoms with Gasteiger partial charge in [-0.25, -0.2) is 14.8 Å². The highest BCUT2D eigenvalue weighted by Crippen LogP contribution is 2.21. The molecule has 2 aromatic heterocycles. The van der Waals surface area contributed by atoms with Crippen LogP contribution in [0.1, 0.15) is 10.4 Å². The molecule has 0 amide bonds. The van der Waals surface area contributed by atoms with Crippen LogP contribution in [0.2, 0.25) is 0 Å². The number of carboxylic acid groups (broad SMARTS) is 1. The fraction of sp³-hybridized carbons (Fsp3) is 0.0833. The Kier molecular flexibility index (Phi) is 2.28. The number of hydrogen-bond acceptors (Lipinski definition) is 4. The lowest BCUT2D eigenvalue weighted by Crippen LogP contribution is -1.94. The van der Waals surface area contributed by atoms with Gasteiger partial charge in [-0.2, -0.15) is 0 Å². The molecule has 7 nitrogen and oxygen atoms in total. The normalized spacial score (nSPS) is 11.0. The third-order valence-corrected chi connectivity index (χ3v) is 2.84. The highest BCUT2D eigenvalue weighted by atomic mass is 16.4. The summed E-state index contributed by atoms with van der Waals surface area (Å²) in [5, 5.41) is 8.95. The molecule has 96 valence electrons. The number of fused-ring (bicyclic) bond motifs is 1. The highest BCUT2D eigenvalue weighted by Gasteiger charge is 2.12. The summed E-state index contributed by atoms with van der Waals surface area (Å²) in [6, 6.07) is 4.72. The third kappa shape index (κ3) is 1.81. The Bertz CT molecular complexity index is 787. The van der Waals surface area contributed by atoms with Gasteiger partial charge in [0.1, 0.15) is 5.82 Å². The van der Waals surface area contributed by atoms with E-state index < -0.39 is 5.97 Å². The first-order valence-electron chi connectivity index (χ1n) is 5.57. The van der Waals surface area contributed by atoms with Gasteiger partial charge in [-0.05, 0) is 18.2 Å². The summed E-state index contributed by atoms with van der Waals surface area (Å²) in [7, 11) is 1.81. The largest absolute Gasteiger partial charge is 0.478 e. The molecule has 0 aliphatic heterocycles. The van der Waals surface area contributed by atoms with E-state index in [1.807, 2.05) is 7.05 Å². The molecule has 1 aromatic carbocycles. The number of carbonyl (C=O) groups is 1. The summed E-state index contributed by atoms with van der Waals surface area (Å²) >= 11 is 0. The highest BCUT2D eigenvalue weighted by molar-refractivity contribution is 5.92. The number of nitrogens with zero attached hydrogens (tertiary/aromatic N) is 3. The van der Waals surface area contributed by atoms with Gasteiger partial charge in [0.2, 0.25) is 0 Å². The number of benzene rings is 1. The number of nitrogen functional groups attached to an aromatic ring is 1. The maximum atomic E-state index is 10.9. The average Bonchev–Trinajstić information content (AvgIpc) is 2.90. The number of aryl methyl sites for hydroxylation is 1. The number of H-pyrrole nitrogens is 1. The summed E-state index contributed by atoms with van der Waals surface area (Å²) in [5.74, 6) is 0.589. The number of imidazole rings is 2. The molecule has 3 aromatic rings. The van der Waals surface area contributed by atoms with Crippen LogP contribution in [0.3, 0.4) is 0 Å². The van der Waals surface area contributed by atoms with E-state index >= 15 is 0 Å². The second-order valence-electron chi connectivity index (χ2n) is 4.22. The van der Waals surface area contributed by atoms with E-state index in [2.05, 4.69) is 15.0 Å². The quantitative estimate of drug-likeness (QED) is 0.639. The maximum absolute atomic E-state index is 10.9. The Morgan fingerprint density at radius 3 is 2.84 bits per heavy atom. The van der Waals surface area contributed by atoms with E-state index in [4.69, 9.17) is 10.8 Å². The zero-order valence-corrected chi connectivity index (χ0v) is 10.1. The minimum absolute atomic E-state index is 0.210. The molecular weight excluding hydrogens is 246 g/mol. The van der Waals surface area contributed by atoms with Crippen molar-refractivity contribution in [2.45, 2.75) is 0 Å². The number of aromatic nitrogens is 4. The van der Waals surface area contributed by atoms with Crippen LogP contribution in [0.4, 0.5) is 5.82 Å². The Balaban J connectivity index is 2.16. The summed E-state index contributed by atoms with van der Waals surface area (Å²) in [5.41, 5.74) is 7.17. The maximum Gasteiger partial charge on any atom is 0.335 e. The second kappa shape index (κ2) is 3.84. The van der Waals surface area contributed by atoms with Gasteiger partial charge in [-0.1, -0.05) is 0 Å². The zero-order valence-electron chi connectivity index (χ0n) is 10.1. The third-order valence-electron chi connectivity index (χ3n) is 2.84.